The van der Waals surface area contributed by atoms with E-state index in [0.717, 1.165) is 32.5 Å². The number of pyridine rings is 1. The monoisotopic (exact) mass is 488 g/mol. The van der Waals surface area contributed by atoms with Crippen molar-refractivity contribution in [3.8, 4) is 0 Å². The number of rotatable bonds is 8. The second-order valence-corrected chi connectivity index (χ2v) is 9.10. The van der Waals surface area contributed by atoms with Crippen molar-refractivity contribution in [3.05, 3.63) is 113 Å². The third-order valence-electron chi connectivity index (χ3n) is 5.36. The van der Waals surface area contributed by atoms with Crippen molar-refractivity contribution in [2.45, 2.75) is 24.0 Å². The minimum Gasteiger partial charge on any atom is -0.467 e. The Morgan fingerprint density at radius 1 is 1.03 bits per heavy atom. The van der Waals surface area contributed by atoms with Gasteiger partial charge in [-0.15, -0.1) is 0 Å². The molecule has 5 rings (SSSR count). The second-order valence-electron chi connectivity index (χ2n) is 7.72. The number of nitrogens with one attached hydrogen (secondary N) is 1. The van der Waals surface area contributed by atoms with Gasteiger partial charge < -0.3 is 14.3 Å². The molecule has 0 bridgehead atoms. The lowest BCUT2D eigenvalue weighted by molar-refractivity contribution is 0.0948. The molecule has 170 valence electrons. The molecule has 3 heterocycles. The molecule has 2 aromatic carbocycles. The quantitative estimate of drug-likeness (QED) is 0.273. The highest BCUT2D eigenvalue weighted by atomic mass is 35.5. The zero-order valence-corrected chi connectivity index (χ0v) is 19.7. The minimum atomic E-state index is -0.139. The van der Waals surface area contributed by atoms with Crippen LogP contribution in [0.4, 0.5) is 0 Å². The minimum absolute atomic E-state index is 0.139. The number of halogens is 1. The number of benzene rings is 2. The highest BCUT2D eigenvalue weighted by molar-refractivity contribution is 7.98. The third kappa shape index (κ3) is 5.16. The first-order valence-corrected chi connectivity index (χ1v) is 12.1. The molecule has 34 heavy (non-hydrogen) atoms. The summed E-state index contributed by atoms with van der Waals surface area (Å²) < 4.78 is 7.42. The molecule has 0 spiro atoms. The number of fused-ring (bicyclic) bond motifs is 1. The van der Waals surface area contributed by atoms with Crippen LogP contribution in [0.2, 0.25) is 5.02 Å². The predicted molar refractivity (Wildman–Crippen MR) is 134 cm³/mol. The van der Waals surface area contributed by atoms with Gasteiger partial charge in [0.1, 0.15) is 5.76 Å². The Labute approximate surface area is 206 Å². The number of thioether (sulfide) groups is 1. The Morgan fingerprint density at radius 3 is 2.59 bits per heavy atom. The summed E-state index contributed by atoms with van der Waals surface area (Å²) >= 11 is 7.68. The van der Waals surface area contributed by atoms with Gasteiger partial charge in [-0.2, -0.15) is 0 Å². The molecular weight excluding hydrogens is 468 g/mol. The molecule has 1 amide bonds. The Bertz CT molecular complexity index is 1400. The van der Waals surface area contributed by atoms with Crippen LogP contribution < -0.4 is 5.32 Å². The zero-order chi connectivity index (χ0) is 23.3. The van der Waals surface area contributed by atoms with E-state index < -0.39 is 0 Å². The van der Waals surface area contributed by atoms with E-state index in [-0.39, 0.29) is 5.91 Å². The first-order chi connectivity index (χ1) is 16.7. The van der Waals surface area contributed by atoms with Crippen LogP contribution in [0, 0.1) is 0 Å². The SMILES string of the molecule is O=C(NCc1ccco1)c1ccc(Cn2c(SCc3ccc(Cl)cc3)nc3ccncc32)cc1. The molecule has 1 N–H and O–H groups in total. The highest BCUT2D eigenvalue weighted by Crippen LogP contribution is 2.28. The molecule has 0 aliphatic carbocycles. The molecule has 0 atom stereocenters. The van der Waals surface area contributed by atoms with E-state index in [0.29, 0.717) is 24.4 Å². The maximum atomic E-state index is 12.5. The van der Waals surface area contributed by atoms with Crippen molar-refractivity contribution in [1.29, 1.82) is 0 Å². The lowest BCUT2D eigenvalue weighted by atomic mass is 10.1. The molecule has 3 aromatic heterocycles. The van der Waals surface area contributed by atoms with Gasteiger partial charge in [0.25, 0.3) is 5.91 Å². The molecule has 8 heteroatoms. The van der Waals surface area contributed by atoms with Crippen LogP contribution in [0.3, 0.4) is 0 Å². The normalized spacial score (nSPS) is 11.1. The van der Waals surface area contributed by atoms with E-state index in [1.54, 1.807) is 30.3 Å². The number of aromatic nitrogens is 3. The molecule has 0 aliphatic rings. The van der Waals surface area contributed by atoms with Crippen molar-refractivity contribution < 1.29 is 9.21 Å². The fourth-order valence-electron chi connectivity index (χ4n) is 3.57. The van der Waals surface area contributed by atoms with E-state index in [1.807, 2.05) is 66.9 Å². The van der Waals surface area contributed by atoms with E-state index in [4.69, 9.17) is 21.0 Å². The summed E-state index contributed by atoms with van der Waals surface area (Å²) in [6.45, 7) is 0.981. The maximum Gasteiger partial charge on any atom is 0.251 e. The summed E-state index contributed by atoms with van der Waals surface area (Å²) in [7, 11) is 0. The van der Waals surface area contributed by atoms with Crippen LogP contribution in [-0.4, -0.2) is 20.4 Å². The predicted octanol–water partition coefficient (Wildman–Crippen LogP) is 5.95. The van der Waals surface area contributed by atoms with Gasteiger partial charge in [-0.25, -0.2) is 4.98 Å². The third-order valence-corrected chi connectivity index (χ3v) is 6.66. The molecule has 0 fully saturated rings. The van der Waals surface area contributed by atoms with Crippen molar-refractivity contribution in [2.75, 3.05) is 0 Å². The van der Waals surface area contributed by atoms with E-state index in [1.165, 1.54) is 5.56 Å². The number of carbonyl (C=O) groups is 1. The average molecular weight is 489 g/mol. The molecule has 0 saturated carbocycles. The Morgan fingerprint density at radius 2 is 1.82 bits per heavy atom. The highest BCUT2D eigenvalue weighted by Gasteiger charge is 2.13. The summed E-state index contributed by atoms with van der Waals surface area (Å²) in [5.41, 5.74) is 4.73. The van der Waals surface area contributed by atoms with Gasteiger partial charge in [0, 0.05) is 22.5 Å². The van der Waals surface area contributed by atoms with Crippen LogP contribution in [0.15, 0.2) is 95.0 Å². The smallest absolute Gasteiger partial charge is 0.251 e. The van der Waals surface area contributed by atoms with Crippen LogP contribution in [0.5, 0.6) is 0 Å². The largest absolute Gasteiger partial charge is 0.467 e. The molecular formula is C26H21ClN4O2S. The van der Waals surface area contributed by atoms with Crippen LogP contribution in [0.25, 0.3) is 11.0 Å². The number of hydrogen-bond acceptors (Lipinski definition) is 5. The standard InChI is InChI=1S/C26H21ClN4O2S/c27-21-9-5-19(6-10-21)17-34-26-30-23-11-12-28-15-24(23)31(26)16-18-3-7-20(8-4-18)25(32)29-14-22-2-1-13-33-22/h1-13,15H,14,16-17H2,(H,29,32). The number of carbonyl (C=O) groups excluding carboxylic acids is 1. The van der Waals surface area contributed by atoms with Gasteiger partial charge in [-0.3, -0.25) is 9.78 Å². The van der Waals surface area contributed by atoms with Gasteiger partial charge in [0.2, 0.25) is 0 Å². The summed E-state index contributed by atoms with van der Waals surface area (Å²) in [5.74, 6) is 1.36. The molecule has 5 aromatic rings. The summed E-state index contributed by atoms with van der Waals surface area (Å²) in [6.07, 6.45) is 5.18. The van der Waals surface area contributed by atoms with E-state index in [2.05, 4.69) is 14.9 Å². The van der Waals surface area contributed by atoms with Crippen LogP contribution in [0.1, 0.15) is 27.2 Å². The summed E-state index contributed by atoms with van der Waals surface area (Å²) in [5, 5.41) is 4.51. The molecule has 0 saturated heterocycles. The Kier molecular flexibility index (Phi) is 6.65. The number of imidazole rings is 1. The topological polar surface area (TPSA) is 73.0 Å². The van der Waals surface area contributed by atoms with Gasteiger partial charge in [-0.1, -0.05) is 47.6 Å². The molecule has 0 unspecified atom stereocenters. The van der Waals surface area contributed by atoms with Crippen molar-refractivity contribution in [3.63, 3.8) is 0 Å². The fraction of sp³-hybridized carbons (Fsp3) is 0.115. The summed E-state index contributed by atoms with van der Waals surface area (Å²) in [6, 6.07) is 21.0. The Balaban J connectivity index is 1.31. The van der Waals surface area contributed by atoms with Crippen molar-refractivity contribution in [2.24, 2.45) is 0 Å². The van der Waals surface area contributed by atoms with Gasteiger partial charge in [0.05, 0.1) is 36.6 Å². The number of hydrogen-bond donors (Lipinski definition) is 1. The van der Waals surface area contributed by atoms with E-state index in [9.17, 15) is 4.79 Å². The summed E-state index contributed by atoms with van der Waals surface area (Å²) in [4.78, 5) is 21.6. The fourth-order valence-corrected chi connectivity index (χ4v) is 4.66. The van der Waals surface area contributed by atoms with Gasteiger partial charge in [0.15, 0.2) is 5.16 Å². The number of furan rings is 1. The molecule has 0 aliphatic heterocycles. The average Bonchev–Trinajstić information content (AvgIpc) is 3.51. The lowest BCUT2D eigenvalue weighted by Crippen LogP contribution is -2.22. The van der Waals surface area contributed by atoms with Crippen molar-refractivity contribution in [1.82, 2.24) is 19.9 Å². The first kappa shape index (κ1) is 22.3. The molecule has 0 radical (unpaired) electrons. The van der Waals surface area contributed by atoms with Gasteiger partial charge >= 0.3 is 0 Å². The first-order valence-electron chi connectivity index (χ1n) is 10.7. The van der Waals surface area contributed by atoms with Crippen LogP contribution in [-0.2, 0) is 18.8 Å². The van der Waals surface area contributed by atoms with E-state index >= 15 is 0 Å². The number of amides is 1. The van der Waals surface area contributed by atoms with Gasteiger partial charge in [-0.05, 0) is 53.6 Å². The van der Waals surface area contributed by atoms with Crippen LogP contribution >= 0.6 is 23.4 Å². The number of nitrogens with zero attached hydrogens (tertiary/aromatic N) is 3. The van der Waals surface area contributed by atoms with Crippen molar-refractivity contribution >= 4 is 40.3 Å². The lowest BCUT2D eigenvalue weighted by Gasteiger charge is -2.10. The zero-order valence-electron chi connectivity index (χ0n) is 18.1. The molecule has 6 nitrogen and oxygen atoms in total. The second kappa shape index (κ2) is 10.2. The maximum absolute atomic E-state index is 12.5. The Hall–Kier alpha value is -3.55.